The highest BCUT2D eigenvalue weighted by atomic mass is 14.0. The molecule has 0 heteroatoms. The summed E-state index contributed by atoms with van der Waals surface area (Å²) in [4.78, 5) is 0. The van der Waals surface area contributed by atoms with Gasteiger partial charge in [-0.15, -0.1) is 0 Å². The van der Waals surface area contributed by atoms with Gasteiger partial charge < -0.3 is 0 Å². The topological polar surface area (TPSA) is 0 Å². The summed E-state index contributed by atoms with van der Waals surface area (Å²) in [5.41, 5.74) is 0. The molecule has 0 spiro atoms. The van der Waals surface area contributed by atoms with Gasteiger partial charge in [0.15, 0.2) is 0 Å². The summed E-state index contributed by atoms with van der Waals surface area (Å²) in [5.74, 6) is 0.931. The molecule has 0 aromatic carbocycles. The van der Waals surface area contributed by atoms with E-state index in [4.69, 9.17) is 0 Å². The van der Waals surface area contributed by atoms with Crippen LogP contribution in [0.5, 0.6) is 0 Å². The highest BCUT2D eigenvalue weighted by molar-refractivity contribution is 4.76. The van der Waals surface area contributed by atoms with Crippen LogP contribution >= 0.6 is 0 Å². The predicted octanol–water partition coefficient (Wildman–Crippen LogP) is 4.17. The molecule has 0 saturated carbocycles. The standard InChI is InChI=1S/C11H22/c1-4-6-7-8-9-10-11(3)5-2/h4,6,11H,5,7-10H2,1-3H3/b6-4+. The van der Waals surface area contributed by atoms with Gasteiger partial charge in [0.25, 0.3) is 0 Å². The molecule has 0 aliphatic rings. The van der Waals surface area contributed by atoms with Crippen LogP contribution in [0.25, 0.3) is 0 Å². The molecular weight excluding hydrogens is 132 g/mol. The Balaban J connectivity index is 3.01. The Labute approximate surface area is 71.7 Å². The highest BCUT2D eigenvalue weighted by Crippen LogP contribution is 2.12. The van der Waals surface area contributed by atoms with Crippen molar-refractivity contribution in [1.29, 1.82) is 0 Å². The second kappa shape index (κ2) is 7.84. The van der Waals surface area contributed by atoms with Gasteiger partial charge in [-0.3, -0.25) is 0 Å². The first-order valence-corrected chi connectivity index (χ1v) is 4.92. The first-order valence-electron chi connectivity index (χ1n) is 4.92. The van der Waals surface area contributed by atoms with Crippen LogP contribution in [0.1, 0.15) is 52.9 Å². The van der Waals surface area contributed by atoms with Gasteiger partial charge >= 0.3 is 0 Å². The van der Waals surface area contributed by atoms with Crippen LogP contribution in [0.15, 0.2) is 12.2 Å². The molecule has 66 valence electrons. The summed E-state index contributed by atoms with van der Waals surface area (Å²) in [6.45, 7) is 6.71. The molecule has 0 heterocycles. The SMILES string of the molecule is C/C=C/CCCCC(C)CC. The molecular formula is C11H22. The van der Waals surface area contributed by atoms with Gasteiger partial charge in [0.05, 0.1) is 0 Å². The zero-order valence-corrected chi connectivity index (χ0v) is 8.27. The smallest absolute Gasteiger partial charge is 0.0351 e. The van der Waals surface area contributed by atoms with Crippen molar-refractivity contribution in [3.05, 3.63) is 12.2 Å². The minimum absolute atomic E-state index is 0.931. The lowest BCUT2D eigenvalue weighted by atomic mass is 10.0. The van der Waals surface area contributed by atoms with E-state index in [2.05, 4.69) is 32.9 Å². The largest absolute Gasteiger partial charge is 0.0917 e. The summed E-state index contributed by atoms with van der Waals surface area (Å²) in [6.07, 6.45) is 11.2. The Morgan fingerprint density at radius 3 is 2.55 bits per heavy atom. The Kier molecular flexibility index (Phi) is 7.66. The lowest BCUT2D eigenvalue weighted by Gasteiger charge is -2.05. The molecule has 0 nitrogen and oxygen atoms in total. The molecule has 0 saturated heterocycles. The number of rotatable bonds is 6. The monoisotopic (exact) mass is 154 g/mol. The molecule has 0 aliphatic carbocycles. The number of hydrogen-bond acceptors (Lipinski definition) is 0. The van der Waals surface area contributed by atoms with Crippen molar-refractivity contribution in [1.82, 2.24) is 0 Å². The molecule has 0 aromatic heterocycles. The predicted molar refractivity (Wildman–Crippen MR) is 52.7 cm³/mol. The Morgan fingerprint density at radius 2 is 2.00 bits per heavy atom. The van der Waals surface area contributed by atoms with Crippen LogP contribution < -0.4 is 0 Å². The summed E-state index contributed by atoms with van der Waals surface area (Å²) in [6, 6.07) is 0. The molecule has 0 aromatic rings. The van der Waals surface area contributed by atoms with E-state index in [-0.39, 0.29) is 0 Å². The first kappa shape index (κ1) is 10.7. The normalized spacial score (nSPS) is 14.1. The fourth-order valence-electron chi connectivity index (χ4n) is 1.13. The van der Waals surface area contributed by atoms with Crippen LogP contribution in [0.3, 0.4) is 0 Å². The van der Waals surface area contributed by atoms with E-state index in [1.165, 1.54) is 32.1 Å². The van der Waals surface area contributed by atoms with Crippen LogP contribution in [-0.4, -0.2) is 0 Å². The Bertz CT molecular complexity index is 92.2. The number of allylic oxidation sites excluding steroid dienone is 2. The minimum Gasteiger partial charge on any atom is -0.0917 e. The van der Waals surface area contributed by atoms with Crippen molar-refractivity contribution >= 4 is 0 Å². The molecule has 1 unspecified atom stereocenters. The van der Waals surface area contributed by atoms with Crippen molar-refractivity contribution in [3.63, 3.8) is 0 Å². The van der Waals surface area contributed by atoms with Crippen molar-refractivity contribution in [2.75, 3.05) is 0 Å². The molecule has 11 heavy (non-hydrogen) atoms. The zero-order chi connectivity index (χ0) is 8.53. The average molecular weight is 154 g/mol. The lowest BCUT2D eigenvalue weighted by Crippen LogP contribution is -1.90. The van der Waals surface area contributed by atoms with Crippen molar-refractivity contribution < 1.29 is 0 Å². The van der Waals surface area contributed by atoms with E-state index in [1.54, 1.807) is 0 Å². The first-order chi connectivity index (χ1) is 5.31. The summed E-state index contributed by atoms with van der Waals surface area (Å²) >= 11 is 0. The van der Waals surface area contributed by atoms with Gasteiger partial charge in [-0.2, -0.15) is 0 Å². The second-order valence-electron chi connectivity index (χ2n) is 3.37. The fraction of sp³-hybridized carbons (Fsp3) is 0.818. The van der Waals surface area contributed by atoms with E-state index in [1.807, 2.05) is 0 Å². The van der Waals surface area contributed by atoms with E-state index >= 15 is 0 Å². The highest BCUT2D eigenvalue weighted by Gasteiger charge is 1.96. The number of hydrogen-bond donors (Lipinski definition) is 0. The van der Waals surface area contributed by atoms with Crippen molar-refractivity contribution in [2.24, 2.45) is 5.92 Å². The van der Waals surface area contributed by atoms with E-state index in [9.17, 15) is 0 Å². The zero-order valence-electron chi connectivity index (χ0n) is 8.27. The minimum atomic E-state index is 0.931. The quantitative estimate of drug-likeness (QED) is 0.398. The van der Waals surface area contributed by atoms with Crippen molar-refractivity contribution in [2.45, 2.75) is 52.9 Å². The van der Waals surface area contributed by atoms with Gasteiger partial charge in [0, 0.05) is 0 Å². The maximum atomic E-state index is 2.34. The third-order valence-electron chi connectivity index (χ3n) is 2.25. The van der Waals surface area contributed by atoms with Crippen LogP contribution in [0.4, 0.5) is 0 Å². The Hall–Kier alpha value is -0.260. The van der Waals surface area contributed by atoms with Crippen LogP contribution in [0.2, 0.25) is 0 Å². The molecule has 1 atom stereocenters. The molecule has 0 N–H and O–H groups in total. The molecule has 0 bridgehead atoms. The van der Waals surface area contributed by atoms with Crippen LogP contribution in [0, 0.1) is 5.92 Å². The average Bonchev–Trinajstić information content (AvgIpc) is 2.04. The molecule has 0 aliphatic heterocycles. The van der Waals surface area contributed by atoms with E-state index in [0.29, 0.717) is 0 Å². The summed E-state index contributed by atoms with van der Waals surface area (Å²) in [7, 11) is 0. The molecule has 0 amide bonds. The molecule has 0 radical (unpaired) electrons. The van der Waals surface area contributed by atoms with Crippen molar-refractivity contribution in [3.8, 4) is 0 Å². The number of unbranched alkanes of at least 4 members (excludes halogenated alkanes) is 2. The van der Waals surface area contributed by atoms with Crippen LogP contribution in [-0.2, 0) is 0 Å². The molecule has 0 rings (SSSR count). The van der Waals surface area contributed by atoms with Gasteiger partial charge in [0.2, 0.25) is 0 Å². The maximum Gasteiger partial charge on any atom is -0.0351 e. The van der Waals surface area contributed by atoms with Gasteiger partial charge in [-0.25, -0.2) is 0 Å². The molecule has 0 fully saturated rings. The van der Waals surface area contributed by atoms with Gasteiger partial charge in [-0.1, -0.05) is 45.3 Å². The van der Waals surface area contributed by atoms with E-state index < -0.39 is 0 Å². The summed E-state index contributed by atoms with van der Waals surface area (Å²) in [5, 5.41) is 0. The van der Waals surface area contributed by atoms with Gasteiger partial charge in [0.1, 0.15) is 0 Å². The Morgan fingerprint density at radius 1 is 1.27 bits per heavy atom. The van der Waals surface area contributed by atoms with Gasteiger partial charge in [-0.05, 0) is 25.7 Å². The lowest BCUT2D eigenvalue weighted by molar-refractivity contribution is 0.486. The fourth-order valence-corrected chi connectivity index (χ4v) is 1.13. The second-order valence-corrected chi connectivity index (χ2v) is 3.37. The van der Waals surface area contributed by atoms with E-state index in [0.717, 1.165) is 5.92 Å². The third-order valence-corrected chi connectivity index (χ3v) is 2.25. The third kappa shape index (κ3) is 7.64. The summed E-state index contributed by atoms with van der Waals surface area (Å²) < 4.78 is 0. The maximum absolute atomic E-state index is 2.34.